The van der Waals surface area contributed by atoms with Crippen LogP contribution >= 0.6 is 0 Å². The largest absolute Gasteiger partial charge is 0.480 e. The van der Waals surface area contributed by atoms with Gasteiger partial charge in [-0.3, -0.25) is 9.69 Å². The molecule has 1 aromatic heterocycles. The molecular weight excluding hydrogens is 204 g/mol. The smallest absolute Gasteiger partial charge is 0.324 e. The maximum Gasteiger partial charge on any atom is 0.324 e. The van der Waals surface area contributed by atoms with E-state index < -0.39 is 11.5 Å². The Morgan fingerprint density at radius 3 is 2.75 bits per heavy atom. The summed E-state index contributed by atoms with van der Waals surface area (Å²) in [7, 11) is 0. The quantitative estimate of drug-likeness (QED) is 0.811. The number of rotatable bonds is 4. The van der Waals surface area contributed by atoms with Gasteiger partial charge in [-0.25, -0.2) is 0 Å². The summed E-state index contributed by atoms with van der Waals surface area (Å²) in [5.74, 6) is -0.732. The van der Waals surface area contributed by atoms with Gasteiger partial charge in [-0.2, -0.15) is 0 Å². The number of hydrogen-bond acceptors (Lipinski definition) is 2. The molecule has 1 unspecified atom stereocenters. The Hall–Kier alpha value is -1.29. The molecule has 0 spiro atoms. The first-order valence-corrected chi connectivity index (χ1v) is 5.73. The summed E-state index contributed by atoms with van der Waals surface area (Å²) in [6.45, 7) is 3.61. The zero-order chi connectivity index (χ0) is 11.6. The molecule has 2 heterocycles. The lowest BCUT2D eigenvalue weighted by Gasteiger charge is -2.34. The molecule has 1 aromatic rings. The van der Waals surface area contributed by atoms with Gasteiger partial charge in [-0.1, -0.05) is 0 Å². The molecule has 2 N–H and O–H groups in total. The maximum atomic E-state index is 11.5. The fraction of sp³-hybridized carbons (Fsp3) is 0.583. The molecule has 1 aliphatic heterocycles. The third-order valence-electron chi connectivity index (χ3n) is 3.46. The number of hydrogen-bond donors (Lipinski definition) is 2. The standard InChI is InChI=1S/C12H18N2O2/c1-12(11(15)16,14-7-2-3-8-14)9-10-5-4-6-13-10/h4-6,13H,2-3,7-9H2,1H3,(H,15,16). The minimum Gasteiger partial charge on any atom is -0.480 e. The van der Waals surface area contributed by atoms with Gasteiger partial charge in [0.15, 0.2) is 0 Å². The predicted molar refractivity (Wildman–Crippen MR) is 61.3 cm³/mol. The van der Waals surface area contributed by atoms with E-state index in [-0.39, 0.29) is 0 Å². The average molecular weight is 222 g/mol. The Labute approximate surface area is 95.3 Å². The van der Waals surface area contributed by atoms with Gasteiger partial charge >= 0.3 is 5.97 Å². The van der Waals surface area contributed by atoms with Crippen LogP contribution in [0.1, 0.15) is 25.5 Å². The third-order valence-corrected chi connectivity index (χ3v) is 3.46. The summed E-state index contributed by atoms with van der Waals surface area (Å²) in [6, 6.07) is 3.85. The van der Waals surface area contributed by atoms with Crippen LogP contribution < -0.4 is 0 Å². The number of nitrogens with one attached hydrogen (secondary N) is 1. The van der Waals surface area contributed by atoms with Crippen LogP contribution in [0.25, 0.3) is 0 Å². The second-order valence-corrected chi connectivity index (χ2v) is 4.65. The Bertz CT molecular complexity index is 355. The molecule has 0 bridgehead atoms. The number of aromatic amines is 1. The zero-order valence-corrected chi connectivity index (χ0v) is 9.57. The second kappa shape index (κ2) is 4.29. The summed E-state index contributed by atoms with van der Waals surface area (Å²) < 4.78 is 0. The lowest BCUT2D eigenvalue weighted by Crippen LogP contribution is -2.52. The van der Waals surface area contributed by atoms with Gasteiger partial charge in [0.1, 0.15) is 5.54 Å². The van der Waals surface area contributed by atoms with Crippen molar-refractivity contribution in [2.75, 3.05) is 13.1 Å². The van der Waals surface area contributed by atoms with Crippen LogP contribution in [-0.4, -0.2) is 39.6 Å². The van der Waals surface area contributed by atoms with E-state index in [2.05, 4.69) is 9.88 Å². The SMILES string of the molecule is CC(Cc1ccc[nH]1)(C(=O)O)N1CCCC1. The fourth-order valence-corrected chi connectivity index (χ4v) is 2.38. The van der Waals surface area contributed by atoms with Crippen LogP contribution in [0.5, 0.6) is 0 Å². The maximum absolute atomic E-state index is 11.5. The zero-order valence-electron chi connectivity index (χ0n) is 9.57. The van der Waals surface area contributed by atoms with E-state index >= 15 is 0 Å². The Morgan fingerprint density at radius 1 is 1.56 bits per heavy atom. The van der Waals surface area contributed by atoms with Crippen molar-refractivity contribution in [1.82, 2.24) is 9.88 Å². The van der Waals surface area contributed by atoms with E-state index in [0.717, 1.165) is 31.6 Å². The highest BCUT2D eigenvalue weighted by Crippen LogP contribution is 2.25. The van der Waals surface area contributed by atoms with Crippen molar-refractivity contribution < 1.29 is 9.90 Å². The lowest BCUT2D eigenvalue weighted by atomic mass is 9.94. The van der Waals surface area contributed by atoms with Crippen LogP contribution in [0.3, 0.4) is 0 Å². The van der Waals surface area contributed by atoms with Crippen molar-refractivity contribution in [3.8, 4) is 0 Å². The lowest BCUT2D eigenvalue weighted by molar-refractivity contribution is -0.149. The third kappa shape index (κ3) is 1.97. The summed E-state index contributed by atoms with van der Waals surface area (Å²) in [5, 5.41) is 9.44. The molecule has 1 fully saturated rings. The molecule has 0 saturated carbocycles. The molecule has 88 valence electrons. The summed E-state index contributed by atoms with van der Waals surface area (Å²) in [5.41, 5.74) is 0.207. The molecule has 16 heavy (non-hydrogen) atoms. The summed E-state index contributed by atoms with van der Waals surface area (Å²) in [4.78, 5) is 16.6. The van der Waals surface area contributed by atoms with Crippen LogP contribution in [0.2, 0.25) is 0 Å². The van der Waals surface area contributed by atoms with Crippen molar-refractivity contribution in [1.29, 1.82) is 0 Å². The van der Waals surface area contributed by atoms with Gasteiger partial charge in [0, 0.05) is 18.3 Å². The molecule has 0 aliphatic carbocycles. The molecular formula is C12H18N2O2. The van der Waals surface area contributed by atoms with E-state index in [1.807, 2.05) is 25.3 Å². The number of nitrogens with zero attached hydrogens (tertiary/aromatic N) is 1. The minimum atomic E-state index is -0.776. The topological polar surface area (TPSA) is 56.3 Å². The number of carboxylic acid groups (broad SMARTS) is 1. The van der Waals surface area contributed by atoms with Gasteiger partial charge in [-0.05, 0) is 45.0 Å². The van der Waals surface area contributed by atoms with Crippen molar-refractivity contribution in [3.05, 3.63) is 24.0 Å². The number of carbonyl (C=O) groups is 1. The Balaban J connectivity index is 2.17. The van der Waals surface area contributed by atoms with E-state index in [9.17, 15) is 9.90 Å². The highest BCUT2D eigenvalue weighted by molar-refractivity contribution is 5.78. The molecule has 0 radical (unpaired) electrons. The van der Waals surface area contributed by atoms with E-state index in [1.54, 1.807) is 0 Å². The van der Waals surface area contributed by atoms with Crippen LogP contribution in [0.4, 0.5) is 0 Å². The van der Waals surface area contributed by atoms with Gasteiger partial charge < -0.3 is 10.1 Å². The molecule has 4 nitrogen and oxygen atoms in total. The highest BCUT2D eigenvalue weighted by atomic mass is 16.4. The Kier molecular flexibility index (Phi) is 3.01. The van der Waals surface area contributed by atoms with Crippen molar-refractivity contribution in [2.24, 2.45) is 0 Å². The number of likely N-dealkylation sites (tertiary alicyclic amines) is 1. The molecule has 4 heteroatoms. The summed E-state index contributed by atoms with van der Waals surface area (Å²) >= 11 is 0. The molecule has 1 atom stereocenters. The number of aliphatic carboxylic acids is 1. The molecule has 1 saturated heterocycles. The monoisotopic (exact) mass is 222 g/mol. The van der Waals surface area contributed by atoms with Crippen LogP contribution in [-0.2, 0) is 11.2 Å². The molecule has 1 aliphatic rings. The first-order chi connectivity index (χ1) is 7.63. The van der Waals surface area contributed by atoms with Crippen molar-refractivity contribution >= 4 is 5.97 Å². The normalized spacial score (nSPS) is 20.8. The number of aromatic nitrogens is 1. The Morgan fingerprint density at radius 2 is 2.25 bits per heavy atom. The predicted octanol–water partition coefficient (Wildman–Crippen LogP) is 1.50. The first kappa shape index (κ1) is 11.2. The highest BCUT2D eigenvalue weighted by Gasteiger charge is 2.40. The van der Waals surface area contributed by atoms with E-state index in [1.165, 1.54) is 0 Å². The van der Waals surface area contributed by atoms with Gasteiger partial charge in [-0.15, -0.1) is 0 Å². The molecule has 0 aromatic carbocycles. The van der Waals surface area contributed by atoms with E-state index in [4.69, 9.17) is 0 Å². The van der Waals surface area contributed by atoms with Gasteiger partial charge in [0.05, 0.1) is 0 Å². The van der Waals surface area contributed by atoms with E-state index in [0.29, 0.717) is 6.42 Å². The second-order valence-electron chi connectivity index (χ2n) is 4.65. The van der Waals surface area contributed by atoms with Gasteiger partial charge in [0.25, 0.3) is 0 Å². The first-order valence-electron chi connectivity index (χ1n) is 5.73. The fourth-order valence-electron chi connectivity index (χ4n) is 2.38. The van der Waals surface area contributed by atoms with Crippen LogP contribution in [0, 0.1) is 0 Å². The average Bonchev–Trinajstić information content (AvgIpc) is 2.88. The van der Waals surface area contributed by atoms with Crippen molar-refractivity contribution in [2.45, 2.75) is 31.7 Å². The van der Waals surface area contributed by atoms with Crippen molar-refractivity contribution in [3.63, 3.8) is 0 Å². The van der Waals surface area contributed by atoms with Gasteiger partial charge in [0.2, 0.25) is 0 Å². The molecule has 2 rings (SSSR count). The number of carboxylic acids is 1. The molecule has 0 amide bonds. The number of H-pyrrole nitrogens is 1. The van der Waals surface area contributed by atoms with Crippen LogP contribution in [0.15, 0.2) is 18.3 Å². The minimum absolute atomic E-state index is 0.537. The summed E-state index contributed by atoms with van der Waals surface area (Å²) in [6.07, 6.45) is 4.58.